The number of benzene rings is 1. The molecule has 20 heavy (non-hydrogen) atoms. The molecule has 0 fully saturated rings. The highest BCUT2D eigenvalue weighted by Gasteiger charge is 2.27. The summed E-state index contributed by atoms with van der Waals surface area (Å²) >= 11 is 3.09. The van der Waals surface area contributed by atoms with Crippen LogP contribution in [0.25, 0.3) is 0 Å². The van der Waals surface area contributed by atoms with E-state index in [-0.39, 0.29) is 20.8 Å². The van der Waals surface area contributed by atoms with E-state index < -0.39 is 25.4 Å². The maximum absolute atomic E-state index is 12.2. The zero-order valence-electron chi connectivity index (χ0n) is 11.3. The van der Waals surface area contributed by atoms with Crippen LogP contribution in [-0.4, -0.2) is 35.2 Å². The Balaban J connectivity index is 3.28. The number of hydrogen-bond acceptors (Lipinski definition) is 5. The molecule has 0 aliphatic carbocycles. The number of sulfonamides is 1. The van der Waals surface area contributed by atoms with Crippen LogP contribution in [0.3, 0.4) is 0 Å². The lowest BCUT2D eigenvalue weighted by atomic mass is 10.1. The summed E-state index contributed by atoms with van der Waals surface area (Å²) in [4.78, 5) is 0.00725. The predicted octanol–water partition coefficient (Wildman–Crippen LogP) is 0.868. The summed E-state index contributed by atoms with van der Waals surface area (Å²) in [6.45, 7) is 3.44. The van der Waals surface area contributed by atoms with Crippen LogP contribution in [0.2, 0.25) is 0 Å². The molecule has 0 radical (unpaired) electrons. The van der Waals surface area contributed by atoms with Gasteiger partial charge in [0.05, 0.1) is 9.79 Å². The lowest BCUT2D eigenvalue weighted by Crippen LogP contribution is -2.48. The summed E-state index contributed by atoms with van der Waals surface area (Å²) in [5.41, 5.74) is 4.69. The van der Waals surface area contributed by atoms with Gasteiger partial charge in [0.2, 0.25) is 10.0 Å². The average Bonchev–Trinajstić information content (AvgIpc) is 2.26. The van der Waals surface area contributed by atoms with Crippen LogP contribution in [0.4, 0.5) is 0 Å². The highest BCUT2D eigenvalue weighted by Crippen LogP contribution is 2.26. The summed E-state index contributed by atoms with van der Waals surface area (Å²) in [5.74, 6) is 0. The molecule has 0 bridgehead atoms. The number of nitrogens with one attached hydrogen (secondary N) is 1. The second-order valence-electron chi connectivity index (χ2n) is 5.06. The minimum absolute atomic E-state index is 0.0357. The van der Waals surface area contributed by atoms with E-state index in [2.05, 4.69) is 20.7 Å². The lowest BCUT2D eigenvalue weighted by Gasteiger charge is -2.24. The third-order valence-corrected chi connectivity index (χ3v) is 6.33. The van der Waals surface area contributed by atoms with Gasteiger partial charge in [-0.2, -0.15) is 0 Å². The molecule has 0 unspecified atom stereocenters. The summed E-state index contributed by atoms with van der Waals surface area (Å²) in [7, 11) is -7.19. The van der Waals surface area contributed by atoms with Crippen LogP contribution in [-0.2, 0) is 19.9 Å². The SMILES string of the molecule is CC(C)(CN)NS(=O)(=O)c1ccc(S(C)(=O)=O)cc1Br. The van der Waals surface area contributed by atoms with Gasteiger partial charge in [-0.1, -0.05) is 0 Å². The van der Waals surface area contributed by atoms with Gasteiger partial charge < -0.3 is 5.73 Å². The fourth-order valence-corrected chi connectivity index (χ4v) is 4.69. The molecule has 114 valence electrons. The first-order valence-electron chi connectivity index (χ1n) is 5.63. The van der Waals surface area contributed by atoms with E-state index in [1.165, 1.54) is 18.2 Å². The Bertz CT molecular complexity index is 712. The zero-order valence-corrected chi connectivity index (χ0v) is 14.6. The molecule has 0 saturated heterocycles. The maximum Gasteiger partial charge on any atom is 0.242 e. The normalized spacial score (nSPS) is 13.4. The first-order valence-corrected chi connectivity index (χ1v) is 9.79. The number of nitrogens with two attached hydrogens (primary N) is 1. The molecule has 9 heteroatoms. The van der Waals surface area contributed by atoms with Crippen LogP contribution in [0.5, 0.6) is 0 Å². The quantitative estimate of drug-likeness (QED) is 0.782. The van der Waals surface area contributed by atoms with Crippen LogP contribution >= 0.6 is 15.9 Å². The van der Waals surface area contributed by atoms with Gasteiger partial charge in [0.1, 0.15) is 0 Å². The molecule has 0 spiro atoms. The van der Waals surface area contributed by atoms with E-state index in [9.17, 15) is 16.8 Å². The zero-order chi connectivity index (χ0) is 15.8. The molecule has 0 aliphatic rings. The molecule has 0 aromatic heterocycles. The van der Waals surface area contributed by atoms with Crippen molar-refractivity contribution >= 4 is 35.8 Å². The summed E-state index contributed by atoms with van der Waals surface area (Å²) in [6.07, 6.45) is 1.05. The van der Waals surface area contributed by atoms with Crippen molar-refractivity contribution < 1.29 is 16.8 Å². The van der Waals surface area contributed by atoms with Crippen LogP contribution < -0.4 is 10.5 Å². The Hall–Kier alpha value is -0.480. The van der Waals surface area contributed by atoms with Crippen molar-refractivity contribution in [2.45, 2.75) is 29.2 Å². The predicted molar refractivity (Wildman–Crippen MR) is 80.7 cm³/mol. The van der Waals surface area contributed by atoms with Gasteiger partial charge in [-0.15, -0.1) is 0 Å². The molecule has 0 heterocycles. The van der Waals surface area contributed by atoms with Crippen molar-refractivity contribution in [3.8, 4) is 0 Å². The molecule has 0 atom stereocenters. The lowest BCUT2D eigenvalue weighted by molar-refractivity contribution is 0.462. The summed E-state index contributed by atoms with van der Waals surface area (Å²) in [5, 5.41) is 0. The molecule has 0 aliphatic heterocycles. The Labute approximate surface area is 127 Å². The van der Waals surface area contributed by atoms with Crippen molar-refractivity contribution in [3.05, 3.63) is 22.7 Å². The molecule has 6 nitrogen and oxygen atoms in total. The first-order chi connectivity index (χ1) is 8.89. The molecular formula is C11H17BrN2O4S2. The monoisotopic (exact) mass is 384 g/mol. The molecule has 1 aromatic rings. The van der Waals surface area contributed by atoms with Gasteiger partial charge in [-0.3, -0.25) is 0 Å². The molecule has 3 N–H and O–H groups in total. The topological polar surface area (TPSA) is 106 Å². The van der Waals surface area contributed by atoms with Crippen molar-refractivity contribution in [2.75, 3.05) is 12.8 Å². The number of hydrogen-bond donors (Lipinski definition) is 2. The number of rotatable bonds is 5. The number of halogens is 1. The highest BCUT2D eigenvalue weighted by atomic mass is 79.9. The molecule has 1 rings (SSSR count). The van der Waals surface area contributed by atoms with Gasteiger partial charge in [0.15, 0.2) is 9.84 Å². The second kappa shape index (κ2) is 5.72. The summed E-state index contributed by atoms with van der Waals surface area (Å²) in [6, 6.07) is 3.76. The van der Waals surface area contributed by atoms with Crippen LogP contribution in [0.1, 0.15) is 13.8 Å². The van der Waals surface area contributed by atoms with Gasteiger partial charge >= 0.3 is 0 Å². The van der Waals surface area contributed by atoms with Gasteiger partial charge in [-0.25, -0.2) is 21.6 Å². The van der Waals surface area contributed by atoms with E-state index in [1.807, 2.05) is 0 Å². The van der Waals surface area contributed by atoms with Gasteiger partial charge in [0.25, 0.3) is 0 Å². The minimum atomic E-state index is -3.79. The molecular weight excluding hydrogens is 368 g/mol. The largest absolute Gasteiger partial charge is 0.329 e. The van der Waals surface area contributed by atoms with Crippen molar-refractivity contribution in [3.63, 3.8) is 0 Å². The smallest absolute Gasteiger partial charge is 0.242 e. The fourth-order valence-electron chi connectivity index (χ4n) is 1.39. The fraction of sp³-hybridized carbons (Fsp3) is 0.455. The third kappa shape index (κ3) is 4.26. The average molecular weight is 385 g/mol. The Morgan fingerprint density at radius 2 is 1.80 bits per heavy atom. The van der Waals surface area contributed by atoms with Crippen LogP contribution in [0, 0.1) is 0 Å². The van der Waals surface area contributed by atoms with Crippen LogP contribution in [0.15, 0.2) is 32.5 Å². The van der Waals surface area contributed by atoms with Crippen molar-refractivity contribution in [1.82, 2.24) is 4.72 Å². The second-order valence-corrected chi connectivity index (χ2v) is 9.58. The Morgan fingerprint density at radius 1 is 1.25 bits per heavy atom. The highest BCUT2D eigenvalue weighted by molar-refractivity contribution is 9.10. The van der Waals surface area contributed by atoms with E-state index in [0.717, 1.165) is 6.26 Å². The molecule has 0 amide bonds. The van der Waals surface area contributed by atoms with E-state index in [4.69, 9.17) is 5.73 Å². The summed E-state index contributed by atoms with van der Waals surface area (Å²) < 4.78 is 50.0. The van der Waals surface area contributed by atoms with Crippen molar-refractivity contribution in [2.24, 2.45) is 5.73 Å². The molecule has 0 saturated carbocycles. The maximum atomic E-state index is 12.2. The van der Waals surface area contributed by atoms with Gasteiger partial charge in [-0.05, 0) is 48.0 Å². The third-order valence-electron chi connectivity index (χ3n) is 2.54. The van der Waals surface area contributed by atoms with E-state index >= 15 is 0 Å². The van der Waals surface area contributed by atoms with Gasteiger partial charge in [0, 0.05) is 22.8 Å². The molecule has 1 aromatic carbocycles. The van der Waals surface area contributed by atoms with E-state index in [1.54, 1.807) is 13.8 Å². The van der Waals surface area contributed by atoms with E-state index in [0.29, 0.717) is 0 Å². The van der Waals surface area contributed by atoms with Crippen molar-refractivity contribution in [1.29, 1.82) is 0 Å². The Morgan fingerprint density at radius 3 is 2.20 bits per heavy atom. The standard InChI is InChI=1S/C11H17BrN2O4S2/c1-11(2,7-13)14-20(17,18)10-5-4-8(6-9(10)12)19(3,15)16/h4-6,14H,7,13H2,1-3H3. The number of sulfone groups is 1. The Kier molecular flexibility index (Phi) is 5.03. The minimum Gasteiger partial charge on any atom is -0.329 e. The first kappa shape index (κ1) is 17.6.